The van der Waals surface area contributed by atoms with E-state index in [-0.39, 0.29) is 35.3 Å². The fourth-order valence-corrected chi connectivity index (χ4v) is 3.67. The number of carbonyl (C=O) groups excluding carboxylic acids is 1. The molecule has 1 aromatic heterocycles. The third-order valence-electron chi connectivity index (χ3n) is 4.32. The fourth-order valence-electron chi connectivity index (χ4n) is 2.90. The Hall–Kier alpha value is -3.67. The van der Waals surface area contributed by atoms with Crippen molar-refractivity contribution in [3.8, 4) is 17.2 Å². The van der Waals surface area contributed by atoms with Crippen molar-refractivity contribution in [1.82, 2.24) is 14.8 Å². The zero-order valence-electron chi connectivity index (χ0n) is 17.0. The van der Waals surface area contributed by atoms with Crippen LogP contribution in [0.25, 0.3) is 0 Å². The number of hydrogen-bond donors (Lipinski definition) is 1. The third kappa shape index (κ3) is 5.40. The summed E-state index contributed by atoms with van der Waals surface area (Å²) >= 11 is 1.11. The predicted molar refractivity (Wildman–Crippen MR) is 113 cm³/mol. The lowest BCUT2D eigenvalue weighted by Gasteiger charge is -2.10. The van der Waals surface area contributed by atoms with Gasteiger partial charge in [-0.1, -0.05) is 30.0 Å². The molecule has 4 rings (SSSR count). The highest BCUT2D eigenvalue weighted by atomic mass is 32.2. The summed E-state index contributed by atoms with van der Waals surface area (Å²) in [5, 5.41) is 11.2. The zero-order valence-corrected chi connectivity index (χ0v) is 17.8. The second kappa shape index (κ2) is 9.45. The molecule has 1 amide bonds. The molecule has 0 atom stereocenters. The molecular weight excluding hydrogens is 461 g/mol. The number of rotatable bonds is 9. The van der Waals surface area contributed by atoms with Crippen LogP contribution < -0.4 is 19.5 Å². The number of allylic oxidation sites excluding steroid dienone is 1. The van der Waals surface area contributed by atoms with Gasteiger partial charge < -0.3 is 19.5 Å². The molecular formula is C21H17F3N4O4S. The summed E-state index contributed by atoms with van der Waals surface area (Å²) in [6.07, 6.45) is -2.10. The van der Waals surface area contributed by atoms with Crippen LogP contribution in [0.2, 0.25) is 0 Å². The van der Waals surface area contributed by atoms with Crippen LogP contribution in [0.4, 0.5) is 18.9 Å². The van der Waals surface area contributed by atoms with Gasteiger partial charge in [-0.2, -0.15) is 0 Å². The van der Waals surface area contributed by atoms with Crippen LogP contribution in [0.15, 0.2) is 60.3 Å². The molecule has 172 valence electrons. The van der Waals surface area contributed by atoms with Crippen LogP contribution in [-0.2, 0) is 17.9 Å². The third-order valence-corrected chi connectivity index (χ3v) is 5.28. The van der Waals surface area contributed by atoms with Gasteiger partial charge >= 0.3 is 6.29 Å². The number of thioether (sulfide) groups is 1. The lowest BCUT2D eigenvalue weighted by molar-refractivity contribution is -0.286. The molecule has 8 nitrogen and oxygen atoms in total. The molecule has 0 unspecified atom stereocenters. The maximum Gasteiger partial charge on any atom is 0.586 e. The molecule has 2 aromatic carbocycles. The van der Waals surface area contributed by atoms with Crippen LogP contribution in [0.5, 0.6) is 17.2 Å². The number of alkyl halides is 2. The van der Waals surface area contributed by atoms with E-state index in [0.29, 0.717) is 17.5 Å². The molecule has 0 saturated carbocycles. The van der Waals surface area contributed by atoms with Crippen molar-refractivity contribution in [3.63, 3.8) is 0 Å². The highest BCUT2D eigenvalue weighted by Crippen LogP contribution is 2.42. The minimum atomic E-state index is -3.73. The smallest absolute Gasteiger partial charge is 0.483 e. The summed E-state index contributed by atoms with van der Waals surface area (Å²) in [6.45, 7) is 4.02. The molecule has 0 spiro atoms. The Morgan fingerprint density at radius 1 is 1.21 bits per heavy atom. The first-order valence-corrected chi connectivity index (χ1v) is 10.6. The van der Waals surface area contributed by atoms with Gasteiger partial charge in [-0.05, 0) is 24.3 Å². The highest BCUT2D eigenvalue weighted by Gasteiger charge is 2.43. The second-order valence-corrected chi connectivity index (χ2v) is 7.63. The van der Waals surface area contributed by atoms with Crippen molar-refractivity contribution in [3.05, 3.63) is 66.8 Å². The summed E-state index contributed by atoms with van der Waals surface area (Å²) in [5.74, 6) is -0.702. The summed E-state index contributed by atoms with van der Waals surface area (Å²) < 4.78 is 55.9. The molecule has 1 aliphatic heterocycles. The molecule has 0 bridgehead atoms. The van der Waals surface area contributed by atoms with Gasteiger partial charge in [0.25, 0.3) is 0 Å². The van der Waals surface area contributed by atoms with Crippen molar-refractivity contribution < 1.29 is 32.2 Å². The first-order valence-electron chi connectivity index (χ1n) is 9.57. The lowest BCUT2D eigenvalue weighted by atomic mass is 10.3. The number of fused-ring (bicyclic) bond motifs is 1. The van der Waals surface area contributed by atoms with Crippen molar-refractivity contribution >= 4 is 23.4 Å². The van der Waals surface area contributed by atoms with E-state index in [1.807, 2.05) is 0 Å². The number of benzene rings is 2. The van der Waals surface area contributed by atoms with Gasteiger partial charge in [-0.15, -0.1) is 25.6 Å². The summed E-state index contributed by atoms with van der Waals surface area (Å²) in [7, 11) is 0. The number of nitrogens with one attached hydrogen (secondary N) is 1. The molecule has 1 aliphatic rings. The van der Waals surface area contributed by atoms with Gasteiger partial charge in [0, 0.05) is 18.3 Å². The van der Waals surface area contributed by atoms with Gasteiger partial charge in [-0.25, -0.2) is 4.39 Å². The normalized spacial score (nSPS) is 13.5. The predicted octanol–water partition coefficient (Wildman–Crippen LogP) is 4.23. The molecule has 2 heterocycles. The first kappa shape index (κ1) is 22.5. The quantitative estimate of drug-likeness (QED) is 0.364. The Balaban J connectivity index is 1.36. The fraction of sp³-hybridized carbons (Fsp3) is 0.190. The lowest BCUT2D eigenvalue weighted by Crippen LogP contribution is -2.25. The van der Waals surface area contributed by atoms with Gasteiger partial charge in [-0.3, -0.25) is 9.36 Å². The maximum atomic E-state index is 13.8. The van der Waals surface area contributed by atoms with Crippen molar-refractivity contribution in [2.24, 2.45) is 0 Å². The van der Waals surface area contributed by atoms with Gasteiger partial charge in [0.15, 0.2) is 34.0 Å². The van der Waals surface area contributed by atoms with E-state index in [4.69, 9.17) is 4.74 Å². The van der Waals surface area contributed by atoms with E-state index in [9.17, 15) is 18.0 Å². The first-order chi connectivity index (χ1) is 15.8. The molecule has 3 aromatic rings. The van der Waals surface area contributed by atoms with E-state index >= 15 is 0 Å². The summed E-state index contributed by atoms with van der Waals surface area (Å²) in [5.41, 5.74) is 0.271. The molecule has 33 heavy (non-hydrogen) atoms. The molecule has 1 N–H and O–H groups in total. The topological polar surface area (TPSA) is 87.5 Å². The number of carbonyl (C=O) groups is 1. The zero-order chi connectivity index (χ0) is 23.4. The number of amides is 1. The number of aromatic nitrogens is 3. The van der Waals surface area contributed by atoms with E-state index in [1.54, 1.807) is 22.8 Å². The van der Waals surface area contributed by atoms with Gasteiger partial charge in [0.2, 0.25) is 5.91 Å². The van der Waals surface area contributed by atoms with Crippen LogP contribution in [-0.4, -0.2) is 32.7 Å². The maximum absolute atomic E-state index is 13.8. The van der Waals surface area contributed by atoms with Crippen LogP contribution >= 0.6 is 11.8 Å². The van der Waals surface area contributed by atoms with Gasteiger partial charge in [0.1, 0.15) is 6.61 Å². The summed E-state index contributed by atoms with van der Waals surface area (Å²) in [6, 6.07) is 9.94. The van der Waals surface area contributed by atoms with E-state index in [1.165, 1.54) is 30.3 Å². The van der Waals surface area contributed by atoms with Crippen molar-refractivity contribution in [2.75, 3.05) is 11.1 Å². The van der Waals surface area contributed by atoms with Crippen LogP contribution in [0, 0.1) is 5.82 Å². The Morgan fingerprint density at radius 3 is 2.79 bits per heavy atom. The summed E-state index contributed by atoms with van der Waals surface area (Å²) in [4.78, 5) is 12.3. The molecule has 0 saturated heterocycles. The Kier molecular flexibility index (Phi) is 6.45. The standard InChI is InChI=1S/C21H17F3N4O4S/c1-2-9-28-18(11-30-15-6-4-3-5-14(15)22)26-27-20(28)33-12-19(29)25-13-7-8-16-17(10-13)32-21(23,24)31-16/h2-8,10H,1,9,11-12H2,(H,25,29). The highest BCUT2D eigenvalue weighted by molar-refractivity contribution is 7.99. The Morgan fingerprint density at radius 2 is 2.00 bits per heavy atom. The van der Waals surface area contributed by atoms with E-state index in [2.05, 4.69) is 31.6 Å². The Labute approximate surface area is 190 Å². The average molecular weight is 478 g/mol. The molecule has 12 heteroatoms. The van der Waals surface area contributed by atoms with Crippen LogP contribution in [0.3, 0.4) is 0 Å². The molecule has 0 radical (unpaired) electrons. The van der Waals surface area contributed by atoms with Crippen LogP contribution in [0.1, 0.15) is 5.82 Å². The van der Waals surface area contributed by atoms with Gasteiger partial charge in [0.05, 0.1) is 5.75 Å². The number of nitrogens with zero attached hydrogens (tertiary/aromatic N) is 3. The minimum Gasteiger partial charge on any atom is -0.483 e. The number of anilines is 1. The van der Waals surface area contributed by atoms with E-state index < -0.39 is 18.0 Å². The molecule has 0 aliphatic carbocycles. The monoisotopic (exact) mass is 478 g/mol. The van der Waals surface area contributed by atoms with Crippen molar-refractivity contribution in [1.29, 1.82) is 0 Å². The number of para-hydroxylation sites is 1. The number of hydrogen-bond acceptors (Lipinski definition) is 7. The molecule has 0 fully saturated rings. The van der Waals surface area contributed by atoms with E-state index in [0.717, 1.165) is 11.8 Å². The largest absolute Gasteiger partial charge is 0.586 e. The Bertz CT molecular complexity index is 1190. The second-order valence-electron chi connectivity index (χ2n) is 6.68. The number of ether oxygens (including phenoxy) is 3. The average Bonchev–Trinajstić information content (AvgIpc) is 3.30. The van der Waals surface area contributed by atoms with Crippen molar-refractivity contribution in [2.45, 2.75) is 24.6 Å². The SMILES string of the molecule is C=CCn1c(COc2ccccc2F)nnc1SCC(=O)Nc1ccc2c(c1)OC(F)(F)O2. The minimum absolute atomic E-state index is 0.0314. The number of halogens is 3.